The van der Waals surface area contributed by atoms with Gasteiger partial charge in [-0.3, -0.25) is 9.69 Å². The molecule has 0 aliphatic heterocycles. The fraction of sp³-hybridized carbons (Fsp3) is 0.278. The smallest absolute Gasteiger partial charge is 0.246 e. The number of hydrogen-bond donors (Lipinski definition) is 1. The van der Waals surface area contributed by atoms with E-state index in [0.29, 0.717) is 0 Å². The summed E-state index contributed by atoms with van der Waals surface area (Å²) in [7, 11) is 3.83. The van der Waals surface area contributed by atoms with Crippen molar-refractivity contribution in [3.05, 3.63) is 65.7 Å². The van der Waals surface area contributed by atoms with Gasteiger partial charge in [0.2, 0.25) is 5.91 Å². The van der Waals surface area contributed by atoms with Crippen molar-refractivity contribution in [1.82, 2.24) is 4.90 Å². The highest BCUT2D eigenvalue weighted by molar-refractivity contribution is 5.95. The Morgan fingerprint density at radius 2 is 1.67 bits per heavy atom. The third kappa shape index (κ3) is 3.92. The lowest BCUT2D eigenvalue weighted by Gasteiger charge is -2.23. The van der Waals surface area contributed by atoms with E-state index in [1.807, 2.05) is 73.6 Å². The van der Waals surface area contributed by atoms with E-state index < -0.39 is 0 Å². The number of amides is 1. The van der Waals surface area contributed by atoms with Crippen LogP contribution in [0.4, 0.5) is 5.69 Å². The molecule has 0 bridgehead atoms. The summed E-state index contributed by atoms with van der Waals surface area (Å²) >= 11 is 0. The molecule has 3 nitrogen and oxygen atoms in total. The Hall–Kier alpha value is -2.13. The van der Waals surface area contributed by atoms with Crippen LogP contribution in [0.2, 0.25) is 0 Å². The SMILES string of the molecule is CCc1ccc(NC(=O)C(c2ccccc2)N(C)C)cc1. The molecule has 0 radical (unpaired) electrons. The fourth-order valence-electron chi connectivity index (χ4n) is 2.35. The van der Waals surface area contributed by atoms with E-state index in [1.165, 1.54) is 5.56 Å². The zero-order chi connectivity index (χ0) is 15.2. The van der Waals surface area contributed by atoms with Crippen LogP contribution in [0.5, 0.6) is 0 Å². The Morgan fingerprint density at radius 3 is 2.19 bits per heavy atom. The van der Waals surface area contributed by atoms with E-state index in [-0.39, 0.29) is 11.9 Å². The Bertz CT molecular complexity index is 576. The van der Waals surface area contributed by atoms with Crippen molar-refractivity contribution in [3.8, 4) is 0 Å². The first-order chi connectivity index (χ1) is 10.1. The van der Waals surface area contributed by atoms with E-state index in [9.17, 15) is 4.79 Å². The number of carbonyl (C=O) groups excluding carboxylic acids is 1. The van der Waals surface area contributed by atoms with Crippen LogP contribution in [0.15, 0.2) is 54.6 Å². The van der Waals surface area contributed by atoms with Crippen LogP contribution in [0.25, 0.3) is 0 Å². The van der Waals surface area contributed by atoms with Crippen LogP contribution < -0.4 is 5.32 Å². The molecule has 110 valence electrons. The van der Waals surface area contributed by atoms with Crippen molar-refractivity contribution in [2.75, 3.05) is 19.4 Å². The van der Waals surface area contributed by atoms with Gasteiger partial charge in [-0.2, -0.15) is 0 Å². The summed E-state index contributed by atoms with van der Waals surface area (Å²) in [4.78, 5) is 14.5. The molecular formula is C18H22N2O. The Kier molecular flexibility index (Phi) is 5.12. The highest BCUT2D eigenvalue weighted by atomic mass is 16.2. The molecule has 0 saturated carbocycles. The molecule has 1 amide bonds. The van der Waals surface area contributed by atoms with Crippen molar-refractivity contribution in [1.29, 1.82) is 0 Å². The fourth-order valence-corrected chi connectivity index (χ4v) is 2.35. The van der Waals surface area contributed by atoms with Gasteiger partial charge < -0.3 is 5.32 Å². The highest BCUT2D eigenvalue weighted by Crippen LogP contribution is 2.20. The first-order valence-corrected chi connectivity index (χ1v) is 7.23. The number of nitrogens with zero attached hydrogens (tertiary/aromatic N) is 1. The summed E-state index contributed by atoms with van der Waals surface area (Å²) < 4.78 is 0. The number of benzene rings is 2. The van der Waals surface area contributed by atoms with Crippen molar-refractivity contribution in [2.45, 2.75) is 19.4 Å². The van der Waals surface area contributed by atoms with Crippen molar-refractivity contribution in [3.63, 3.8) is 0 Å². The van der Waals surface area contributed by atoms with E-state index in [2.05, 4.69) is 12.2 Å². The monoisotopic (exact) mass is 282 g/mol. The lowest BCUT2D eigenvalue weighted by Crippen LogP contribution is -2.32. The highest BCUT2D eigenvalue weighted by Gasteiger charge is 2.22. The predicted octanol–water partition coefficient (Wildman–Crippen LogP) is 3.49. The average molecular weight is 282 g/mol. The van der Waals surface area contributed by atoms with E-state index >= 15 is 0 Å². The summed E-state index contributed by atoms with van der Waals surface area (Å²) in [6, 6.07) is 17.5. The summed E-state index contributed by atoms with van der Waals surface area (Å²) in [5, 5.41) is 2.99. The number of hydrogen-bond acceptors (Lipinski definition) is 2. The molecule has 3 heteroatoms. The standard InChI is InChI=1S/C18H22N2O/c1-4-14-10-12-16(13-11-14)19-18(21)17(20(2)3)15-8-6-5-7-9-15/h5-13,17H,4H2,1-3H3,(H,19,21). The molecule has 0 heterocycles. The number of aryl methyl sites for hydroxylation is 1. The van der Waals surface area contributed by atoms with Crippen LogP contribution in [0.1, 0.15) is 24.1 Å². The lowest BCUT2D eigenvalue weighted by atomic mass is 10.1. The van der Waals surface area contributed by atoms with E-state index in [1.54, 1.807) is 0 Å². The minimum atomic E-state index is -0.294. The predicted molar refractivity (Wildman–Crippen MR) is 87.3 cm³/mol. The summed E-state index contributed by atoms with van der Waals surface area (Å²) in [6.07, 6.45) is 0.999. The van der Waals surface area contributed by atoms with Crippen LogP contribution in [0.3, 0.4) is 0 Å². The second-order valence-corrected chi connectivity index (χ2v) is 5.32. The van der Waals surface area contributed by atoms with Crippen LogP contribution >= 0.6 is 0 Å². The Balaban J connectivity index is 2.15. The molecule has 21 heavy (non-hydrogen) atoms. The second kappa shape index (κ2) is 7.04. The maximum Gasteiger partial charge on any atom is 0.246 e. The molecule has 2 rings (SSSR count). The molecule has 0 aliphatic carbocycles. The second-order valence-electron chi connectivity index (χ2n) is 5.32. The van der Waals surface area contributed by atoms with E-state index in [4.69, 9.17) is 0 Å². The number of nitrogens with one attached hydrogen (secondary N) is 1. The Morgan fingerprint density at radius 1 is 1.05 bits per heavy atom. The normalized spacial score (nSPS) is 12.2. The first-order valence-electron chi connectivity index (χ1n) is 7.23. The maximum absolute atomic E-state index is 12.6. The van der Waals surface area contributed by atoms with Gasteiger partial charge in [0, 0.05) is 5.69 Å². The van der Waals surface area contributed by atoms with E-state index in [0.717, 1.165) is 17.7 Å². The number of carbonyl (C=O) groups is 1. The van der Waals surface area contributed by atoms with Crippen LogP contribution in [0, 0.1) is 0 Å². The molecule has 0 aromatic heterocycles. The van der Waals surface area contributed by atoms with Crippen LogP contribution in [-0.2, 0) is 11.2 Å². The molecule has 0 spiro atoms. The molecule has 1 atom stereocenters. The van der Waals surface area contributed by atoms with Gasteiger partial charge in [-0.05, 0) is 43.8 Å². The van der Waals surface area contributed by atoms with Gasteiger partial charge in [-0.1, -0.05) is 49.4 Å². The minimum Gasteiger partial charge on any atom is -0.324 e. The van der Waals surface area contributed by atoms with Gasteiger partial charge >= 0.3 is 0 Å². The first kappa shape index (κ1) is 15.3. The molecule has 2 aromatic rings. The summed E-state index contributed by atoms with van der Waals surface area (Å²) in [5.74, 6) is -0.0181. The molecule has 2 aromatic carbocycles. The molecule has 0 saturated heterocycles. The van der Waals surface area contributed by atoms with Crippen LogP contribution in [-0.4, -0.2) is 24.9 Å². The molecule has 1 N–H and O–H groups in total. The largest absolute Gasteiger partial charge is 0.324 e. The average Bonchev–Trinajstić information content (AvgIpc) is 2.49. The summed E-state index contributed by atoms with van der Waals surface area (Å²) in [5.41, 5.74) is 3.09. The zero-order valence-electron chi connectivity index (χ0n) is 12.8. The number of likely N-dealkylation sites (N-methyl/N-ethyl adjacent to an activating group) is 1. The van der Waals surface area contributed by atoms with Gasteiger partial charge in [-0.25, -0.2) is 0 Å². The van der Waals surface area contributed by atoms with Gasteiger partial charge in [0.15, 0.2) is 0 Å². The van der Waals surface area contributed by atoms with Crippen molar-refractivity contribution in [2.24, 2.45) is 0 Å². The lowest BCUT2D eigenvalue weighted by molar-refractivity contribution is -0.120. The quantitative estimate of drug-likeness (QED) is 0.910. The van der Waals surface area contributed by atoms with Gasteiger partial charge in [0.25, 0.3) is 0 Å². The Labute approximate surface area is 126 Å². The zero-order valence-corrected chi connectivity index (χ0v) is 12.8. The maximum atomic E-state index is 12.6. The minimum absolute atomic E-state index is 0.0181. The third-order valence-electron chi connectivity index (χ3n) is 3.51. The van der Waals surface area contributed by atoms with Gasteiger partial charge in [-0.15, -0.1) is 0 Å². The molecular weight excluding hydrogens is 260 g/mol. The third-order valence-corrected chi connectivity index (χ3v) is 3.51. The molecule has 0 aliphatic rings. The van der Waals surface area contributed by atoms with Gasteiger partial charge in [0.05, 0.1) is 0 Å². The van der Waals surface area contributed by atoms with Gasteiger partial charge in [0.1, 0.15) is 6.04 Å². The van der Waals surface area contributed by atoms with Crippen molar-refractivity contribution < 1.29 is 4.79 Å². The molecule has 1 unspecified atom stereocenters. The van der Waals surface area contributed by atoms with Crippen molar-refractivity contribution >= 4 is 11.6 Å². The topological polar surface area (TPSA) is 32.3 Å². The summed E-state index contributed by atoms with van der Waals surface area (Å²) in [6.45, 7) is 2.12. The molecule has 0 fully saturated rings. The number of rotatable bonds is 5. The number of anilines is 1.